The molecule has 0 spiro atoms. The summed E-state index contributed by atoms with van der Waals surface area (Å²) in [4.78, 5) is 38.0. The first-order valence-electron chi connectivity index (χ1n) is 20.7. The molecular weight excluding hydrogens is 675 g/mol. The lowest BCUT2D eigenvalue weighted by atomic mass is 9.86. The summed E-state index contributed by atoms with van der Waals surface area (Å²) < 4.78 is 11.3. The van der Waals surface area contributed by atoms with Crippen LogP contribution in [0.5, 0.6) is 0 Å². The summed E-state index contributed by atoms with van der Waals surface area (Å²) in [6.45, 7) is 40.5. The highest BCUT2D eigenvalue weighted by molar-refractivity contribution is 5.82. The van der Waals surface area contributed by atoms with Crippen LogP contribution in [0.4, 0.5) is 0 Å². The monoisotopic (exact) mass is 762 g/mol. The number of nitrogens with zero attached hydrogens (tertiary/aromatic N) is 1. The molecule has 0 saturated carbocycles. The van der Waals surface area contributed by atoms with E-state index in [4.69, 9.17) is 15.2 Å². The number of hydrogen-bond donors (Lipinski definition) is 2. The molecule has 1 aliphatic heterocycles. The third-order valence-electron chi connectivity index (χ3n) is 10.8. The number of carbonyl (C=O) groups is 3. The van der Waals surface area contributed by atoms with Crippen molar-refractivity contribution < 1.29 is 23.9 Å². The van der Waals surface area contributed by atoms with E-state index in [0.29, 0.717) is 35.8 Å². The second kappa shape index (κ2) is 29.7. The van der Waals surface area contributed by atoms with E-state index < -0.39 is 5.54 Å². The molecule has 0 radical (unpaired) electrons. The molecule has 8 heteroatoms. The van der Waals surface area contributed by atoms with Gasteiger partial charge in [0.1, 0.15) is 5.78 Å². The van der Waals surface area contributed by atoms with Gasteiger partial charge in [0.2, 0.25) is 5.91 Å². The van der Waals surface area contributed by atoms with E-state index in [-0.39, 0.29) is 53.6 Å². The maximum atomic E-state index is 13.0. The predicted molar refractivity (Wildman–Crippen MR) is 232 cm³/mol. The van der Waals surface area contributed by atoms with Gasteiger partial charge in [-0.05, 0) is 89.0 Å². The van der Waals surface area contributed by atoms with Crippen molar-refractivity contribution in [2.45, 2.75) is 173 Å². The maximum Gasteiger partial charge on any atom is 0.225 e. The van der Waals surface area contributed by atoms with Crippen LogP contribution >= 0.6 is 0 Å². The smallest absolute Gasteiger partial charge is 0.225 e. The highest BCUT2D eigenvalue weighted by Gasteiger charge is 2.39. The molecule has 8 nitrogen and oxygen atoms in total. The number of likely N-dealkylation sites (tertiary alicyclic amines) is 1. The molecule has 1 heterocycles. The first-order chi connectivity index (χ1) is 25.1. The molecule has 1 rings (SSSR count). The van der Waals surface area contributed by atoms with Gasteiger partial charge < -0.3 is 25.4 Å². The molecule has 0 aliphatic carbocycles. The molecule has 0 aromatic carbocycles. The van der Waals surface area contributed by atoms with Crippen molar-refractivity contribution in [2.75, 3.05) is 20.8 Å². The highest BCUT2D eigenvalue weighted by Crippen LogP contribution is 2.29. The van der Waals surface area contributed by atoms with E-state index in [1.807, 2.05) is 66.4 Å². The summed E-state index contributed by atoms with van der Waals surface area (Å²) in [6, 6.07) is -0.210. The zero-order valence-electron chi connectivity index (χ0n) is 38.3. The number of Topliss-reactive ketones (excluding diaryl/α,β-unsaturated/α-hetero) is 2. The number of amides is 1. The summed E-state index contributed by atoms with van der Waals surface area (Å²) >= 11 is 0. The minimum Gasteiger partial charge on any atom is -0.381 e. The third kappa shape index (κ3) is 20.4. The van der Waals surface area contributed by atoms with Crippen LogP contribution in [0.25, 0.3) is 0 Å². The van der Waals surface area contributed by atoms with E-state index in [2.05, 4.69) is 78.2 Å². The number of rotatable bonds is 20. The molecule has 54 heavy (non-hydrogen) atoms. The molecule has 0 aromatic rings. The number of hydrogen-bond acceptors (Lipinski definition) is 7. The Morgan fingerprint density at radius 2 is 1.50 bits per heavy atom. The number of ether oxygens (including phenoxy) is 2. The Kier molecular flexibility index (Phi) is 30.7. The van der Waals surface area contributed by atoms with Crippen molar-refractivity contribution >= 4 is 17.5 Å². The van der Waals surface area contributed by atoms with Gasteiger partial charge in [-0.15, -0.1) is 0 Å². The summed E-state index contributed by atoms with van der Waals surface area (Å²) in [5, 5.41) is 3.09. The van der Waals surface area contributed by atoms with Crippen molar-refractivity contribution in [1.29, 1.82) is 0 Å². The Hall–Kier alpha value is -2.55. The Balaban J connectivity index is -0.000000764. The molecule has 0 aromatic heterocycles. The van der Waals surface area contributed by atoms with E-state index in [1.54, 1.807) is 28.1 Å². The summed E-state index contributed by atoms with van der Waals surface area (Å²) in [6.07, 6.45) is 12.5. The number of ketones is 2. The number of allylic oxidation sites excluding steroid dienone is 5. The normalized spacial score (nSPS) is 18.4. The van der Waals surface area contributed by atoms with Crippen LogP contribution in [0.3, 0.4) is 0 Å². The van der Waals surface area contributed by atoms with Gasteiger partial charge in [-0.25, -0.2) is 0 Å². The minimum atomic E-state index is -0.497. The quantitative estimate of drug-likeness (QED) is 0.119. The van der Waals surface area contributed by atoms with Crippen LogP contribution in [0, 0.1) is 35.5 Å². The standard InChI is InChI=1S/C20H37NO4.C13H22.C11H22N2O.C2H6/c1-8-13(2)14(3)18(24-6)12-19(23)21-11-9-10-17(21)20(25-7)15(4)16(5)22;1-6-9-10-12(7-2)13(8-3)11(4)5;1-7(2)10(8(3)14)13-9(4)11(5,6)12;1-2/h13-15,17-18,20H,8-12H2,1-7H3;6-7,9-11,13H,2,8H2,1,3-5H3;7,10,13H,4,12H2,1-3,5-6H3;1-2H3/b;9-6-,12-10+;;/t13-,14-,15-,17-,18+,20+;13-;10-;/m010./s1. The second-order valence-corrected chi connectivity index (χ2v) is 16.0. The molecule has 1 aliphatic rings. The molecule has 8 atom stereocenters. The van der Waals surface area contributed by atoms with Gasteiger partial charge in [-0.2, -0.15) is 0 Å². The van der Waals surface area contributed by atoms with Crippen LogP contribution in [0.1, 0.15) is 143 Å². The third-order valence-corrected chi connectivity index (χ3v) is 10.8. The molecule has 1 fully saturated rings. The number of methoxy groups -OCH3 is 2. The molecular formula is C46H87N3O5. The van der Waals surface area contributed by atoms with Gasteiger partial charge in [-0.1, -0.05) is 120 Å². The average molecular weight is 762 g/mol. The maximum absolute atomic E-state index is 13.0. The topological polar surface area (TPSA) is 111 Å². The van der Waals surface area contributed by atoms with E-state index in [0.717, 1.165) is 25.8 Å². The van der Waals surface area contributed by atoms with Crippen LogP contribution < -0.4 is 11.1 Å². The zero-order chi connectivity index (χ0) is 42.9. The molecule has 316 valence electrons. The van der Waals surface area contributed by atoms with Crippen LogP contribution in [0.15, 0.2) is 48.7 Å². The second-order valence-electron chi connectivity index (χ2n) is 16.0. The lowest BCUT2D eigenvalue weighted by Gasteiger charge is -2.35. The zero-order valence-corrected chi connectivity index (χ0v) is 38.3. The lowest BCUT2D eigenvalue weighted by Crippen LogP contribution is -2.48. The number of nitrogens with one attached hydrogen (secondary N) is 1. The van der Waals surface area contributed by atoms with Crippen molar-refractivity contribution in [2.24, 2.45) is 41.2 Å². The van der Waals surface area contributed by atoms with E-state index in [9.17, 15) is 14.4 Å². The fourth-order valence-corrected chi connectivity index (χ4v) is 6.63. The first kappa shape index (κ1) is 55.8. The molecule has 1 saturated heterocycles. The summed E-state index contributed by atoms with van der Waals surface area (Å²) in [7, 11) is 3.32. The van der Waals surface area contributed by atoms with Gasteiger partial charge in [0, 0.05) is 37.9 Å². The van der Waals surface area contributed by atoms with Crippen LogP contribution in [0.2, 0.25) is 0 Å². The van der Waals surface area contributed by atoms with Gasteiger partial charge in [0.25, 0.3) is 0 Å². The SMILES string of the molecule is C=C(N[C@H](C(C)=O)C(C)C)C(C)(C)N.C=C/C(=C\C=C/C)[C@H](CC)C(C)C.CC.CC[C@H](C)[C@H](C)[C@@H](CC(=O)N1CCC[C@H]1[C@H](OC)[C@@H](C)C(C)=O)OC. The fourth-order valence-electron chi connectivity index (χ4n) is 6.63. The van der Waals surface area contributed by atoms with Gasteiger partial charge in [0.05, 0.1) is 30.7 Å². The van der Waals surface area contributed by atoms with Gasteiger partial charge >= 0.3 is 0 Å². The number of carbonyl (C=O) groups excluding carboxylic acids is 3. The highest BCUT2D eigenvalue weighted by atomic mass is 16.5. The summed E-state index contributed by atoms with van der Waals surface area (Å²) in [5.74, 6) is 2.55. The van der Waals surface area contributed by atoms with Crippen LogP contribution in [-0.4, -0.2) is 73.0 Å². The average Bonchev–Trinajstić information content (AvgIpc) is 3.60. The first-order valence-corrected chi connectivity index (χ1v) is 20.7. The Bertz CT molecular complexity index is 1140. The summed E-state index contributed by atoms with van der Waals surface area (Å²) in [5.41, 5.74) is 7.41. The molecule has 1 amide bonds. The minimum absolute atomic E-state index is 0.0205. The van der Waals surface area contributed by atoms with Gasteiger partial charge in [0.15, 0.2) is 5.78 Å². The molecule has 3 N–H and O–H groups in total. The fraction of sp³-hybridized carbons (Fsp3) is 0.761. The van der Waals surface area contributed by atoms with Gasteiger partial charge in [-0.3, -0.25) is 14.4 Å². The van der Waals surface area contributed by atoms with Crippen molar-refractivity contribution in [1.82, 2.24) is 10.2 Å². The Morgan fingerprint density at radius 3 is 1.85 bits per heavy atom. The number of nitrogens with two attached hydrogens (primary N) is 1. The van der Waals surface area contributed by atoms with Crippen molar-refractivity contribution in [3.05, 3.63) is 48.7 Å². The van der Waals surface area contributed by atoms with Crippen LogP contribution in [-0.2, 0) is 23.9 Å². The molecule has 0 unspecified atom stereocenters. The largest absolute Gasteiger partial charge is 0.381 e. The van der Waals surface area contributed by atoms with E-state index >= 15 is 0 Å². The lowest BCUT2D eigenvalue weighted by molar-refractivity contribution is -0.141. The Labute approximate surface area is 334 Å². The van der Waals surface area contributed by atoms with Crippen molar-refractivity contribution in [3.8, 4) is 0 Å². The predicted octanol–water partition coefficient (Wildman–Crippen LogP) is 10.1. The van der Waals surface area contributed by atoms with E-state index in [1.165, 1.54) is 12.0 Å². The van der Waals surface area contributed by atoms with Crippen molar-refractivity contribution in [3.63, 3.8) is 0 Å². The Morgan fingerprint density at radius 1 is 0.944 bits per heavy atom. The molecule has 0 bridgehead atoms.